The van der Waals surface area contributed by atoms with Crippen LogP contribution in [0.3, 0.4) is 0 Å². The standard InChI is InChI=1S/C16H15Cl2F2N/c17-14-6-5-12(15(18)9-14)7-8-21-10-11-1-3-13(4-2-11)16(19)20/h1-6,9,16,21H,7-8,10H2. The van der Waals surface area contributed by atoms with Gasteiger partial charge in [0.1, 0.15) is 0 Å². The van der Waals surface area contributed by atoms with Gasteiger partial charge in [-0.3, -0.25) is 0 Å². The van der Waals surface area contributed by atoms with E-state index in [2.05, 4.69) is 5.32 Å². The highest BCUT2D eigenvalue weighted by Crippen LogP contribution is 2.21. The summed E-state index contributed by atoms with van der Waals surface area (Å²) >= 11 is 11.9. The largest absolute Gasteiger partial charge is 0.312 e. The normalized spacial score (nSPS) is 11.1. The van der Waals surface area contributed by atoms with E-state index >= 15 is 0 Å². The van der Waals surface area contributed by atoms with Gasteiger partial charge >= 0.3 is 0 Å². The smallest absolute Gasteiger partial charge is 0.263 e. The van der Waals surface area contributed by atoms with Crippen molar-refractivity contribution < 1.29 is 8.78 Å². The van der Waals surface area contributed by atoms with Gasteiger partial charge in [0.05, 0.1) is 0 Å². The molecule has 0 radical (unpaired) electrons. The molecule has 2 aromatic rings. The Morgan fingerprint density at radius 1 is 1.00 bits per heavy atom. The first kappa shape index (κ1) is 16.2. The number of hydrogen-bond acceptors (Lipinski definition) is 1. The van der Waals surface area contributed by atoms with Gasteiger partial charge in [0.25, 0.3) is 6.43 Å². The van der Waals surface area contributed by atoms with Crippen molar-refractivity contribution in [3.63, 3.8) is 0 Å². The number of rotatable bonds is 6. The fourth-order valence-electron chi connectivity index (χ4n) is 1.96. The summed E-state index contributed by atoms with van der Waals surface area (Å²) in [5.74, 6) is 0. The third-order valence-corrected chi connectivity index (χ3v) is 3.73. The van der Waals surface area contributed by atoms with Gasteiger partial charge in [0.15, 0.2) is 0 Å². The van der Waals surface area contributed by atoms with E-state index in [1.807, 2.05) is 12.1 Å². The van der Waals surface area contributed by atoms with Crippen molar-refractivity contribution in [3.8, 4) is 0 Å². The Morgan fingerprint density at radius 3 is 2.33 bits per heavy atom. The zero-order chi connectivity index (χ0) is 15.2. The molecule has 0 aromatic heterocycles. The number of hydrogen-bond donors (Lipinski definition) is 1. The van der Waals surface area contributed by atoms with E-state index in [1.165, 1.54) is 12.1 Å². The molecular formula is C16H15Cl2F2N. The fraction of sp³-hybridized carbons (Fsp3) is 0.250. The van der Waals surface area contributed by atoms with Gasteiger partial charge in [-0.05, 0) is 36.2 Å². The van der Waals surface area contributed by atoms with Crippen LogP contribution in [0.15, 0.2) is 42.5 Å². The highest BCUT2D eigenvalue weighted by atomic mass is 35.5. The maximum Gasteiger partial charge on any atom is 0.263 e. The predicted molar refractivity (Wildman–Crippen MR) is 83.3 cm³/mol. The molecule has 0 amide bonds. The lowest BCUT2D eigenvalue weighted by atomic mass is 10.1. The van der Waals surface area contributed by atoms with E-state index in [-0.39, 0.29) is 5.56 Å². The molecule has 0 unspecified atom stereocenters. The van der Waals surface area contributed by atoms with Gasteiger partial charge in [-0.25, -0.2) is 8.78 Å². The van der Waals surface area contributed by atoms with Crippen molar-refractivity contribution in [2.45, 2.75) is 19.4 Å². The zero-order valence-corrected chi connectivity index (χ0v) is 12.8. The molecule has 5 heteroatoms. The van der Waals surface area contributed by atoms with Crippen LogP contribution in [0.25, 0.3) is 0 Å². The van der Waals surface area contributed by atoms with Crippen LogP contribution in [0.1, 0.15) is 23.1 Å². The SMILES string of the molecule is FC(F)c1ccc(CNCCc2ccc(Cl)cc2Cl)cc1. The molecule has 2 aromatic carbocycles. The molecule has 2 rings (SSSR count). The Balaban J connectivity index is 1.79. The van der Waals surface area contributed by atoms with E-state index in [0.29, 0.717) is 16.6 Å². The molecule has 0 spiro atoms. The first-order valence-electron chi connectivity index (χ1n) is 6.58. The molecule has 0 aliphatic rings. The Labute approximate surface area is 132 Å². The van der Waals surface area contributed by atoms with Crippen molar-refractivity contribution in [1.29, 1.82) is 0 Å². The zero-order valence-electron chi connectivity index (χ0n) is 11.3. The average Bonchev–Trinajstić information content (AvgIpc) is 2.46. The quantitative estimate of drug-likeness (QED) is 0.712. The Morgan fingerprint density at radius 2 is 1.71 bits per heavy atom. The monoisotopic (exact) mass is 329 g/mol. The molecular weight excluding hydrogens is 315 g/mol. The van der Waals surface area contributed by atoms with Crippen LogP contribution in [0.5, 0.6) is 0 Å². The minimum absolute atomic E-state index is 0.0479. The highest BCUT2D eigenvalue weighted by Gasteiger charge is 2.05. The Kier molecular flexibility index (Phi) is 5.97. The lowest BCUT2D eigenvalue weighted by Crippen LogP contribution is -2.16. The summed E-state index contributed by atoms with van der Waals surface area (Å²) in [7, 11) is 0. The summed E-state index contributed by atoms with van der Waals surface area (Å²) in [5, 5.41) is 4.54. The molecule has 112 valence electrons. The molecule has 0 aliphatic carbocycles. The third-order valence-electron chi connectivity index (χ3n) is 3.15. The highest BCUT2D eigenvalue weighted by molar-refractivity contribution is 6.35. The summed E-state index contributed by atoms with van der Waals surface area (Å²) in [4.78, 5) is 0. The second-order valence-electron chi connectivity index (χ2n) is 4.70. The van der Waals surface area contributed by atoms with Gasteiger partial charge in [-0.2, -0.15) is 0 Å². The lowest BCUT2D eigenvalue weighted by molar-refractivity contribution is 0.151. The molecule has 0 atom stereocenters. The number of benzene rings is 2. The third kappa shape index (κ3) is 4.95. The predicted octanol–water partition coefficient (Wildman–Crippen LogP) is 5.26. The summed E-state index contributed by atoms with van der Waals surface area (Å²) in [6, 6.07) is 11.8. The Bertz CT molecular complexity index is 585. The molecule has 0 aliphatic heterocycles. The van der Waals surface area contributed by atoms with Crippen molar-refractivity contribution in [1.82, 2.24) is 5.32 Å². The van der Waals surface area contributed by atoms with Crippen molar-refractivity contribution in [2.24, 2.45) is 0 Å². The Hall–Kier alpha value is -1.16. The molecule has 0 fully saturated rings. The molecule has 0 bridgehead atoms. The maximum absolute atomic E-state index is 12.4. The molecule has 0 saturated heterocycles. The van der Waals surface area contributed by atoms with Crippen molar-refractivity contribution in [3.05, 3.63) is 69.2 Å². The minimum atomic E-state index is -2.42. The van der Waals surface area contributed by atoms with E-state index < -0.39 is 6.43 Å². The van der Waals surface area contributed by atoms with E-state index in [9.17, 15) is 8.78 Å². The summed E-state index contributed by atoms with van der Waals surface area (Å²) in [6.07, 6.45) is -1.63. The fourth-order valence-corrected chi connectivity index (χ4v) is 2.46. The van der Waals surface area contributed by atoms with Gasteiger partial charge in [-0.1, -0.05) is 53.5 Å². The number of halogens is 4. The van der Waals surface area contributed by atoms with E-state index in [4.69, 9.17) is 23.2 Å². The molecule has 1 N–H and O–H groups in total. The maximum atomic E-state index is 12.4. The summed E-state index contributed by atoms with van der Waals surface area (Å²) in [5.41, 5.74) is 2.05. The van der Waals surface area contributed by atoms with Crippen LogP contribution in [-0.4, -0.2) is 6.54 Å². The molecule has 0 saturated carbocycles. The molecule has 21 heavy (non-hydrogen) atoms. The average molecular weight is 330 g/mol. The second-order valence-corrected chi connectivity index (χ2v) is 5.55. The van der Waals surface area contributed by atoms with Crippen LogP contribution in [0.2, 0.25) is 10.0 Å². The van der Waals surface area contributed by atoms with Crippen LogP contribution in [-0.2, 0) is 13.0 Å². The lowest BCUT2D eigenvalue weighted by Gasteiger charge is -2.08. The van der Waals surface area contributed by atoms with Crippen molar-refractivity contribution >= 4 is 23.2 Å². The van der Waals surface area contributed by atoms with E-state index in [0.717, 1.165) is 24.1 Å². The summed E-state index contributed by atoms with van der Waals surface area (Å²) in [6.45, 7) is 1.38. The van der Waals surface area contributed by atoms with E-state index in [1.54, 1.807) is 18.2 Å². The number of alkyl halides is 2. The van der Waals surface area contributed by atoms with Crippen molar-refractivity contribution in [2.75, 3.05) is 6.54 Å². The first-order chi connectivity index (χ1) is 10.1. The van der Waals surface area contributed by atoms with Gasteiger partial charge in [-0.15, -0.1) is 0 Å². The summed E-state index contributed by atoms with van der Waals surface area (Å²) < 4.78 is 24.8. The van der Waals surface area contributed by atoms with Crippen LogP contribution in [0.4, 0.5) is 8.78 Å². The van der Waals surface area contributed by atoms with Gasteiger partial charge in [0, 0.05) is 22.2 Å². The number of nitrogens with one attached hydrogen (secondary N) is 1. The molecule has 1 nitrogen and oxygen atoms in total. The minimum Gasteiger partial charge on any atom is -0.312 e. The van der Waals surface area contributed by atoms with Crippen LogP contribution in [0, 0.1) is 0 Å². The van der Waals surface area contributed by atoms with Crippen LogP contribution < -0.4 is 5.32 Å². The molecule has 0 heterocycles. The van der Waals surface area contributed by atoms with Gasteiger partial charge < -0.3 is 5.32 Å². The topological polar surface area (TPSA) is 12.0 Å². The van der Waals surface area contributed by atoms with Crippen LogP contribution >= 0.6 is 23.2 Å². The van der Waals surface area contributed by atoms with Gasteiger partial charge in [0.2, 0.25) is 0 Å². The first-order valence-corrected chi connectivity index (χ1v) is 7.33. The second kappa shape index (κ2) is 7.74.